The van der Waals surface area contributed by atoms with Crippen LogP contribution in [0.25, 0.3) is 16.4 Å². The fourth-order valence-corrected chi connectivity index (χ4v) is 3.08. The zero-order chi connectivity index (χ0) is 15.0. The Bertz CT molecular complexity index is 809. The molecule has 0 aromatic carbocycles. The average molecular weight is 371 g/mol. The van der Waals surface area contributed by atoms with E-state index in [-0.39, 0.29) is 17.3 Å². The quantitative estimate of drug-likeness (QED) is 0.688. The van der Waals surface area contributed by atoms with E-state index < -0.39 is 5.97 Å². The van der Waals surface area contributed by atoms with Gasteiger partial charge in [0.1, 0.15) is 5.69 Å². The lowest BCUT2D eigenvalue weighted by molar-refractivity contribution is 0.0595. The maximum atomic E-state index is 11.8. The zero-order valence-corrected chi connectivity index (χ0v) is 12.9. The second-order valence-electron chi connectivity index (χ2n) is 3.77. The Kier molecular flexibility index (Phi) is 3.43. The van der Waals surface area contributed by atoms with E-state index in [4.69, 9.17) is 10.5 Å². The summed E-state index contributed by atoms with van der Waals surface area (Å²) in [6.45, 7) is 0. The molecule has 0 saturated heterocycles. The van der Waals surface area contributed by atoms with Crippen LogP contribution < -0.4 is 5.73 Å². The van der Waals surface area contributed by atoms with Crippen LogP contribution in [0.5, 0.6) is 0 Å². The topological polar surface area (TPSA) is 122 Å². The predicted molar refractivity (Wildman–Crippen MR) is 76.0 cm³/mol. The van der Waals surface area contributed by atoms with Gasteiger partial charge in [-0.15, -0.1) is 16.4 Å². The highest BCUT2D eigenvalue weighted by molar-refractivity contribution is 9.11. The van der Waals surface area contributed by atoms with Gasteiger partial charge < -0.3 is 10.5 Å². The summed E-state index contributed by atoms with van der Waals surface area (Å²) in [4.78, 5) is 12.6. The molecule has 0 unspecified atom stereocenters. The fourth-order valence-electron chi connectivity index (χ4n) is 1.66. The van der Waals surface area contributed by atoms with Crippen LogP contribution in [-0.4, -0.2) is 38.4 Å². The van der Waals surface area contributed by atoms with Crippen molar-refractivity contribution in [2.24, 2.45) is 0 Å². The Labute approximate surface area is 129 Å². The van der Waals surface area contributed by atoms with E-state index in [0.29, 0.717) is 5.69 Å². The summed E-state index contributed by atoms with van der Waals surface area (Å²) in [5, 5.41) is 14.9. The van der Waals surface area contributed by atoms with Crippen molar-refractivity contribution in [3.8, 4) is 16.4 Å². The molecule has 0 aliphatic rings. The third kappa shape index (κ3) is 2.29. The van der Waals surface area contributed by atoms with E-state index in [1.165, 1.54) is 23.1 Å². The Morgan fingerprint density at radius 1 is 1.48 bits per heavy atom. The van der Waals surface area contributed by atoms with Gasteiger partial charge in [0.2, 0.25) is 11.6 Å². The van der Waals surface area contributed by atoms with Crippen LogP contribution in [0.1, 0.15) is 10.5 Å². The SMILES string of the molecule is COC(=O)c1nnn(-c2nonc2N)c1-c1ccc(Br)s1. The highest BCUT2D eigenvalue weighted by Gasteiger charge is 2.26. The molecule has 0 radical (unpaired) electrons. The normalized spacial score (nSPS) is 10.8. The number of carbonyl (C=O) groups excluding carboxylic acids is 1. The second-order valence-corrected chi connectivity index (χ2v) is 6.23. The van der Waals surface area contributed by atoms with Gasteiger partial charge in [-0.1, -0.05) is 5.21 Å². The van der Waals surface area contributed by atoms with Gasteiger partial charge in [-0.25, -0.2) is 9.42 Å². The number of thiophene rings is 1. The third-order valence-electron chi connectivity index (χ3n) is 2.55. The zero-order valence-electron chi connectivity index (χ0n) is 10.5. The molecule has 11 heteroatoms. The van der Waals surface area contributed by atoms with Gasteiger partial charge in [-0.2, -0.15) is 4.68 Å². The number of hydrogen-bond donors (Lipinski definition) is 1. The lowest BCUT2D eigenvalue weighted by Crippen LogP contribution is -2.06. The van der Waals surface area contributed by atoms with Crippen LogP contribution in [-0.2, 0) is 4.74 Å². The van der Waals surface area contributed by atoms with Crippen LogP contribution in [0.3, 0.4) is 0 Å². The number of halogens is 1. The Balaban J connectivity index is 2.24. The number of aromatic nitrogens is 5. The van der Waals surface area contributed by atoms with Crippen molar-refractivity contribution in [3.05, 3.63) is 21.6 Å². The Morgan fingerprint density at radius 3 is 2.86 bits per heavy atom. The summed E-state index contributed by atoms with van der Waals surface area (Å²) in [6.07, 6.45) is 0. The summed E-state index contributed by atoms with van der Waals surface area (Å²) < 4.78 is 11.4. The van der Waals surface area contributed by atoms with Gasteiger partial charge in [0.05, 0.1) is 15.8 Å². The smallest absolute Gasteiger partial charge is 0.360 e. The minimum atomic E-state index is -0.615. The van der Waals surface area contributed by atoms with Crippen LogP contribution in [0.4, 0.5) is 5.82 Å². The van der Waals surface area contributed by atoms with E-state index in [9.17, 15) is 4.79 Å². The fraction of sp³-hybridized carbons (Fsp3) is 0.100. The maximum Gasteiger partial charge on any atom is 0.360 e. The molecule has 0 saturated carbocycles. The molecule has 2 N–H and O–H groups in total. The molecule has 3 aromatic rings. The second kappa shape index (κ2) is 5.26. The molecule has 0 aliphatic carbocycles. The van der Waals surface area contributed by atoms with Gasteiger partial charge >= 0.3 is 5.97 Å². The van der Waals surface area contributed by atoms with Crippen molar-refractivity contribution < 1.29 is 14.2 Å². The van der Waals surface area contributed by atoms with Crippen LogP contribution >= 0.6 is 27.3 Å². The molecule has 0 atom stereocenters. The number of nitrogens with zero attached hydrogens (tertiary/aromatic N) is 5. The van der Waals surface area contributed by atoms with E-state index in [1.54, 1.807) is 6.07 Å². The lowest BCUT2D eigenvalue weighted by atomic mass is 10.2. The molecular formula is C10H7BrN6O3S. The molecule has 0 aliphatic heterocycles. The first-order valence-corrected chi connectivity index (χ1v) is 7.11. The van der Waals surface area contributed by atoms with Gasteiger partial charge in [0.25, 0.3) is 0 Å². The molecule has 3 aromatic heterocycles. The number of nitrogen functional groups attached to an aromatic ring is 1. The number of hydrogen-bond acceptors (Lipinski definition) is 9. The van der Waals surface area contributed by atoms with Crippen molar-refractivity contribution in [2.45, 2.75) is 0 Å². The van der Waals surface area contributed by atoms with E-state index >= 15 is 0 Å². The third-order valence-corrected chi connectivity index (χ3v) is 4.18. The van der Waals surface area contributed by atoms with E-state index in [1.807, 2.05) is 6.07 Å². The Hall–Kier alpha value is -2.27. The highest BCUT2D eigenvalue weighted by atomic mass is 79.9. The predicted octanol–water partition coefficient (Wildman–Crippen LogP) is 1.51. The summed E-state index contributed by atoms with van der Waals surface area (Å²) in [5.74, 6) is -0.429. The first-order valence-electron chi connectivity index (χ1n) is 5.50. The molecule has 21 heavy (non-hydrogen) atoms. The van der Waals surface area contributed by atoms with Gasteiger partial charge in [-0.3, -0.25) is 0 Å². The number of rotatable bonds is 3. The molecule has 3 heterocycles. The van der Waals surface area contributed by atoms with Gasteiger partial charge in [-0.05, 0) is 38.4 Å². The lowest BCUT2D eigenvalue weighted by Gasteiger charge is -2.02. The number of ether oxygens (including phenoxy) is 1. The van der Waals surface area contributed by atoms with Crippen molar-refractivity contribution in [3.63, 3.8) is 0 Å². The molecule has 108 valence electrons. The van der Waals surface area contributed by atoms with Crippen molar-refractivity contribution in [2.75, 3.05) is 12.8 Å². The maximum absolute atomic E-state index is 11.8. The van der Waals surface area contributed by atoms with Crippen molar-refractivity contribution >= 4 is 39.1 Å². The number of anilines is 1. The monoisotopic (exact) mass is 370 g/mol. The minimum Gasteiger partial charge on any atom is -0.464 e. The number of carbonyl (C=O) groups is 1. The number of methoxy groups -OCH3 is 1. The average Bonchev–Trinajstić information content (AvgIpc) is 3.16. The largest absolute Gasteiger partial charge is 0.464 e. The molecule has 0 amide bonds. The first-order chi connectivity index (χ1) is 10.1. The van der Waals surface area contributed by atoms with E-state index in [2.05, 4.69) is 41.2 Å². The Morgan fingerprint density at radius 2 is 2.29 bits per heavy atom. The van der Waals surface area contributed by atoms with Gasteiger partial charge in [0, 0.05) is 0 Å². The van der Waals surface area contributed by atoms with Crippen LogP contribution in [0, 0.1) is 0 Å². The first kappa shape index (κ1) is 13.7. The van der Waals surface area contributed by atoms with Gasteiger partial charge in [0.15, 0.2) is 5.69 Å². The highest BCUT2D eigenvalue weighted by Crippen LogP contribution is 2.34. The molecule has 0 bridgehead atoms. The molecule has 3 rings (SSSR count). The molecular weight excluding hydrogens is 364 g/mol. The summed E-state index contributed by atoms with van der Waals surface area (Å²) >= 11 is 4.76. The molecule has 0 spiro atoms. The number of esters is 1. The summed E-state index contributed by atoms with van der Waals surface area (Å²) in [5.41, 5.74) is 6.12. The number of nitrogens with two attached hydrogens (primary N) is 1. The molecule has 9 nitrogen and oxygen atoms in total. The minimum absolute atomic E-state index is 0.0354. The molecule has 0 fully saturated rings. The van der Waals surface area contributed by atoms with E-state index in [0.717, 1.165) is 8.66 Å². The summed E-state index contributed by atoms with van der Waals surface area (Å²) in [7, 11) is 1.27. The summed E-state index contributed by atoms with van der Waals surface area (Å²) in [6, 6.07) is 3.64. The van der Waals surface area contributed by atoms with Crippen LogP contribution in [0.15, 0.2) is 20.5 Å². The van der Waals surface area contributed by atoms with Crippen LogP contribution in [0.2, 0.25) is 0 Å². The van der Waals surface area contributed by atoms with Crippen molar-refractivity contribution in [1.82, 2.24) is 25.3 Å². The standard InChI is InChI=1S/C10H7BrN6O3S/c1-19-10(18)6-7(4-2-3-5(11)21-4)17(16-13-6)9-8(12)14-20-15-9/h2-3H,1H3,(H2,12,14). The van der Waals surface area contributed by atoms with Crippen molar-refractivity contribution in [1.29, 1.82) is 0 Å².